The maximum absolute atomic E-state index is 11.3. The van der Waals surface area contributed by atoms with Gasteiger partial charge in [0.25, 0.3) is 0 Å². The number of ether oxygens (including phenoxy) is 1. The Bertz CT molecular complexity index is 510. The normalized spacial score (nSPS) is 10.3. The molecular weight excluding hydrogens is 210 g/mol. The van der Waals surface area contributed by atoms with Crippen LogP contribution in [0, 0.1) is 0 Å². The molecule has 2 rings (SSSR count). The van der Waals surface area contributed by atoms with E-state index in [1.54, 1.807) is 18.7 Å². The molecule has 15 heavy (non-hydrogen) atoms. The van der Waals surface area contributed by atoms with Crippen molar-refractivity contribution in [1.82, 2.24) is 4.57 Å². The lowest BCUT2D eigenvalue weighted by molar-refractivity contribution is 0.415. The zero-order valence-electron chi connectivity index (χ0n) is 8.56. The first-order valence-electron chi connectivity index (χ1n) is 4.51. The summed E-state index contributed by atoms with van der Waals surface area (Å²) in [4.78, 5) is 12.3. The first kappa shape index (κ1) is 9.98. The summed E-state index contributed by atoms with van der Waals surface area (Å²) in [6, 6.07) is 7.67. The average molecular weight is 221 g/mol. The molecule has 3 nitrogen and oxygen atoms in total. The molecule has 0 fully saturated rings. The molecule has 0 radical (unpaired) electrons. The molecule has 0 spiro atoms. The summed E-state index contributed by atoms with van der Waals surface area (Å²) in [5.41, 5.74) is 1.04. The monoisotopic (exact) mass is 221 g/mol. The Kier molecular flexibility index (Phi) is 2.60. The van der Waals surface area contributed by atoms with Gasteiger partial charge in [-0.05, 0) is 29.8 Å². The number of methoxy groups -OCH3 is 1. The summed E-state index contributed by atoms with van der Waals surface area (Å²) in [7, 11) is 3.39. The Morgan fingerprint density at radius 1 is 1.27 bits per heavy atom. The van der Waals surface area contributed by atoms with E-state index in [1.165, 1.54) is 11.3 Å². The Balaban J connectivity index is 2.41. The molecule has 0 saturated heterocycles. The highest BCUT2D eigenvalue weighted by atomic mass is 32.1. The number of rotatable bonds is 2. The molecule has 0 amide bonds. The highest BCUT2D eigenvalue weighted by Crippen LogP contribution is 2.23. The van der Waals surface area contributed by atoms with E-state index in [-0.39, 0.29) is 4.87 Å². The molecule has 1 aromatic carbocycles. The number of aromatic nitrogens is 1. The van der Waals surface area contributed by atoms with Crippen molar-refractivity contribution in [3.05, 3.63) is 40.1 Å². The molecule has 4 heteroatoms. The molecule has 0 aliphatic rings. The number of hydrogen-bond donors (Lipinski definition) is 0. The number of aryl methyl sites for hydroxylation is 1. The zero-order valence-corrected chi connectivity index (χ0v) is 9.38. The van der Waals surface area contributed by atoms with Crippen LogP contribution in [0.3, 0.4) is 0 Å². The SMILES string of the molecule is COc1ccc(-c2cn(C)c(=O)s2)cc1. The third kappa shape index (κ3) is 1.94. The van der Waals surface area contributed by atoms with Gasteiger partial charge in [0.05, 0.1) is 12.0 Å². The third-order valence-electron chi connectivity index (χ3n) is 2.17. The molecule has 0 bridgehead atoms. The molecule has 2 aromatic rings. The van der Waals surface area contributed by atoms with Gasteiger partial charge in [-0.1, -0.05) is 11.3 Å². The van der Waals surface area contributed by atoms with E-state index in [9.17, 15) is 4.79 Å². The molecule has 0 aliphatic carbocycles. The van der Waals surface area contributed by atoms with Gasteiger partial charge < -0.3 is 9.30 Å². The average Bonchev–Trinajstić information content (AvgIpc) is 2.59. The Morgan fingerprint density at radius 2 is 1.93 bits per heavy atom. The van der Waals surface area contributed by atoms with Crippen molar-refractivity contribution in [1.29, 1.82) is 0 Å². The van der Waals surface area contributed by atoms with Crippen LogP contribution in [-0.2, 0) is 7.05 Å². The first-order valence-corrected chi connectivity index (χ1v) is 5.33. The predicted octanol–water partition coefficient (Wildman–Crippen LogP) is 2.12. The minimum absolute atomic E-state index is 0.0563. The highest BCUT2D eigenvalue weighted by Gasteiger charge is 2.03. The van der Waals surface area contributed by atoms with E-state index in [4.69, 9.17) is 4.74 Å². The van der Waals surface area contributed by atoms with Gasteiger partial charge in [-0.25, -0.2) is 0 Å². The van der Waals surface area contributed by atoms with Gasteiger partial charge in [-0.2, -0.15) is 0 Å². The van der Waals surface area contributed by atoms with E-state index in [2.05, 4.69) is 0 Å². The van der Waals surface area contributed by atoms with E-state index < -0.39 is 0 Å². The van der Waals surface area contributed by atoms with Crippen LogP contribution in [0.2, 0.25) is 0 Å². The molecule has 1 heterocycles. The summed E-state index contributed by atoms with van der Waals surface area (Å²) in [6.45, 7) is 0. The smallest absolute Gasteiger partial charge is 0.307 e. The Morgan fingerprint density at radius 3 is 2.40 bits per heavy atom. The first-order chi connectivity index (χ1) is 7.20. The van der Waals surface area contributed by atoms with Gasteiger partial charge >= 0.3 is 4.87 Å². The molecule has 0 aliphatic heterocycles. The van der Waals surface area contributed by atoms with Gasteiger partial charge in [-0.3, -0.25) is 4.79 Å². The molecule has 0 N–H and O–H groups in total. The zero-order chi connectivity index (χ0) is 10.8. The van der Waals surface area contributed by atoms with Crippen LogP contribution in [-0.4, -0.2) is 11.7 Å². The van der Waals surface area contributed by atoms with Crippen LogP contribution in [0.4, 0.5) is 0 Å². The Labute approximate surface area is 91.6 Å². The van der Waals surface area contributed by atoms with Crippen molar-refractivity contribution in [2.75, 3.05) is 7.11 Å². The molecular formula is C11H11NO2S. The number of thiazole rings is 1. The van der Waals surface area contributed by atoms with Crippen LogP contribution < -0.4 is 9.61 Å². The molecule has 0 unspecified atom stereocenters. The summed E-state index contributed by atoms with van der Waals surface area (Å²) in [6.07, 6.45) is 1.84. The van der Waals surface area contributed by atoms with Gasteiger partial charge in [0.2, 0.25) is 0 Å². The summed E-state index contributed by atoms with van der Waals surface area (Å²) in [5.74, 6) is 0.821. The lowest BCUT2D eigenvalue weighted by atomic mass is 10.2. The molecule has 0 saturated carbocycles. The van der Waals surface area contributed by atoms with Crippen LogP contribution in [0.1, 0.15) is 0 Å². The summed E-state index contributed by atoms with van der Waals surface area (Å²) >= 11 is 1.25. The van der Waals surface area contributed by atoms with Crippen molar-refractivity contribution in [2.24, 2.45) is 7.05 Å². The molecule has 0 atom stereocenters. The standard InChI is InChI=1S/C11H11NO2S/c1-12-7-10(15-11(12)13)8-3-5-9(14-2)6-4-8/h3-7H,1-2H3. The van der Waals surface area contributed by atoms with Gasteiger partial charge in [-0.15, -0.1) is 0 Å². The second-order valence-corrected chi connectivity index (χ2v) is 4.19. The van der Waals surface area contributed by atoms with Crippen molar-refractivity contribution in [3.63, 3.8) is 0 Å². The van der Waals surface area contributed by atoms with Crippen molar-refractivity contribution in [3.8, 4) is 16.2 Å². The maximum Gasteiger partial charge on any atom is 0.307 e. The fraction of sp³-hybridized carbons (Fsp3) is 0.182. The lowest BCUT2D eigenvalue weighted by Gasteiger charge is -2.00. The van der Waals surface area contributed by atoms with Crippen molar-refractivity contribution in [2.45, 2.75) is 0 Å². The number of benzene rings is 1. The van der Waals surface area contributed by atoms with E-state index >= 15 is 0 Å². The van der Waals surface area contributed by atoms with E-state index in [0.29, 0.717) is 0 Å². The lowest BCUT2D eigenvalue weighted by Crippen LogP contribution is -2.04. The van der Waals surface area contributed by atoms with Crippen LogP contribution >= 0.6 is 11.3 Å². The van der Waals surface area contributed by atoms with Crippen molar-refractivity contribution >= 4 is 11.3 Å². The van der Waals surface area contributed by atoms with E-state index in [0.717, 1.165) is 16.2 Å². The maximum atomic E-state index is 11.3. The fourth-order valence-electron chi connectivity index (χ4n) is 1.31. The Hall–Kier alpha value is -1.55. The number of hydrogen-bond acceptors (Lipinski definition) is 3. The highest BCUT2D eigenvalue weighted by molar-refractivity contribution is 7.12. The second-order valence-electron chi connectivity index (χ2n) is 3.20. The predicted molar refractivity (Wildman–Crippen MR) is 61.5 cm³/mol. The van der Waals surface area contributed by atoms with E-state index in [1.807, 2.05) is 30.5 Å². The second kappa shape index (κ2) is 3.90. The largest absolute Gasteiger partial charge is 0.497 e. The van der Waals surface area contributed by atoms with Gasteiger partial charge in [0, 0.05) is 13.2 Å². The molecule has 1 aromatic heterocycles. The quantitative estimate of drug-likeness (QED) is 0.777. The topological polar surface area (TPSA) is 31.2 Å². The van der Waals surface area contributed by atoms with Crippen LogP contribution in [0.15, 0.2) is 35.3 Å². The number of nitrogens with zero attached hydrogens (tertiary/aromatic N) is 1. The van der Waals surface area contributed by atoms with Crippen molar-refractivity contribution < 1.29 is 4.74 Å². The molecule has 78 valence electrons. The van der Waals surface area contributed by atoms with Crippen LogP contribution in [0.25, 0.3) is 10.4 Å². The minimum Gasteiger partial charge on any atom is -0.497 e. The minimum atomic E-state index is 0.0563. The third-order valence-corrected chi connectivity index (χ3v) is 3.19. The van der Waals surface area contributed by atoms with Crippen LogP contribution in [0.5, 0.6) is 5.75 Å². The van der Waals surface area contributed by atoms with Gasteiger partial charge in [0.1, 0.15) is 5.75 Å². The van der Waals surface area contributed by atoms with Gasteiger partial charge in [0.15, 0.2) is 0 Å². The fourth-order valence-corrected chi connectivity index (χ4v) is 2.16. The summed E-state index contributed by atoms with van der Waals surface area (Å²) in [5, 5.41) is 0. The summed E-state index contributed by atoms with van der Waals surface area (Å²) < 4.78 is 6.66.